The van der Waals surface area contributed by atoms with Crippen LogP contribution in [0.15, 0.2) is 22.7 Å². The van der Waals surface area contributed by atoms with Crippen LogP contribution in [0.25, 0.3) is 0 Å². The van der Waals surface area contributed by atoms with Gasteiger partial charge in [0.1, 0.15) is 0 Å². The van der Waals surface area contributed by atoms with Crippen molar-refractivity contribution in [2.75, 3.05) is 26.2 Å². The summed E-state index contributed by atoms with van der Waals surface area (Å²) in [7, 11) is 0. The van der Waals surface area contributed by atoms with Gasteiger partial charge in [-0.1, -0.05) is 15.9 Å². The third-order valence-electron chi connectivity index (χ3n) is 3.71. The number of piperidine rings is 1. The van der Waals surface area contributed by atoms with E-state index < -0.39 is 0 Å². The third-order valence-corrected chi connectivity index (χ3v) is 5.14. The van der Waals surface area contributed by atoms with Gasteiger partial charge in [0.05, 0.1) is 5.56 Å². The number of halogens is 2. The number of carbonyl (C=O) groups is 1. The van der Waals surface area contributed by atoms with Crippen molar-refractivity contribution in [3.05, 3.63) is 31.8 Å². The highest BCUT2D eigenvalue weighted by molar-refractivity contribution is 14.1. The second kappa shape index (κ2) is 7.75. The van der Waals surface area contributed by atoms with E-state index in [4.69, 9.17) is 0 Å². The van der Waals surface area contributed by atoms with Crippen LogP contribution in [-0.4, -0.2) is 37.0 Å². The Morgan fingerprint density at radius 3 is 3.00 bits per heavy atom. The minimum Gasteiger partial charge on any atom is -0.339 e. The molecule has 0 aliphatic carbocycles. The summed E-state index contributed by atoms with van der Waals surface area (Å²) in [4.78, 5) is 14.7. The van der Waals surface area contributed by atoms with Gasteiger partial charge in [-0.15, -0.1) is 0 Å². The SMILES string of the molecule is CCN(CC1CCCNC1)C(=O)c1cc(Br)ccc1I. The zero-order valence-corrected chi connectivity index (χ0v) is 15.4. The average Bonchev–Trinajstić information content (AvgIpc) is 2.47. The summed E-state index contributed by atoms with van der Waals surface area (Å²) >= 11 is 5.68. The highest BCUT2D eigenvalue weighted by Gasteiger charge is 2.22. The lowest BCUT2D eigenvalue weighted by molar-refractivity contribution is 0.0728. The number of carbonyl (C=O) groups excluding carboxylic acids is 1. The molecule has 1 unspecified atom stereocenters. The van der Waals surface area contributed by atoms with Crippen LogP contribution < -0.4 is 5.32 Å². The number of hydrogen-bond donors (Lipinski definition) is 1. The molecule has 1 fully saturated rings. The molecule has 5 heteroatoms. The number of nitrogens with zero attached hydrogens (tertiary/aromatic N) is 1. The van der Waals surface area contributed by atoms with Crippen molar-refractivity contribution in [2.45, 2.75) is 19.8 Å². The van der Waals surface area contributed by atoms with E-state index in [1.165, 1.54) is 12.8 Å². The monoisotopic (exact) mass is 450 g/mol. The first kappa shape index (κ1) is 16.2. The molecule has 0 bridgehead atoms. The van der Waals surface area contributed by atoms with Gasteiger partial charge in [-0.3, -0.25) is 4.79 Å². The van der Waals surface area contributed by atoms with Crippen molar-refractivity contribution in [3.63, 3.8) is 0 Å². The molecule has 1 aliphatic heterocycles. The van der Waals surface area contributed by atoms with E-state index in [1.807, 2.05) is 23.1 Å². The van der Waals surface area contributed by atoms with Gasteiger partial charge in [-0.25, -0.2) is 0 Å². The van der Waals surface area contributed by atoms with Crippen LogP contribution in [0.5, 0.6) is 0 Å². The minimum atomic E-state index is 0.142. The quantitative estimate of drug-likeness (QED) is 0.712. The largest absolute Gasteiger partial charge is 0.339 e. The molecule has 1 aromatic carbocycles. The van der Waals surface area contributed by atoms with Crippen LogP contribution in [0.1, 0.15) is 30.1 Å². The van der Waals surface area contributed by atoms with E-state index in [2.05, 4.69) is 50.8 Å². The fraction of sp³-hybridized carbons (Fsp3) is 0.533. The molecule has 1 saturated heterocycles. The Bertz CT molecular complexity index is 475. The van der Waals surface area contributed by atoms with Crippen LogP contribution in [-0.2, 0) is 0 Å². The van der Waals surface area contributed by atoms with Crippen molar-refractivity contribution in [3.8, 4) is 0 Å². The molecule has 3 nitrogen and oxygen atoms in total. The van der Waals surface area contributed by atoms with E-state index in [-0.39, 0.29) is 5.91 Å². The first-order valence-electron chi connectivity index (χ1n) is 7.07. The van der Waals surface area contributed by atoms with Crippen molar-refractivity contribution in [1.82, 2.24) is 10.2 Å². The topological polar surface area (TPSA) is 32.3 Å². The molecule has 2 rings (SSSR count). The van der Waals surface area contributed by atoms with Gasteiger partial charge in [0.2, 0.25) is 0 Å². The molecule has 0 radical (unpaired) electrons. The van der Waals surface area contributed by atoms with Gasteiger partial charge in [0.15, 0.2) is 0 Å². The van der Waals surface area contributed by atoms with Crippen molar-refractivity contribution >= 4 is 44.4 Å². The molecule has 0 saturated carbocycles. The summed E-state index contributed by atoms with van der Waals surface area (Å²) in [6, 6.07) is 5.87. The van der Waals surface area contributed by atoms with Crippen molar-refractivity contribution in [2.24, 2.45) is 5.92 Å². The van der Waals surface area contributed by atoms with Crippen molar-refractivity contribution in [1.29, 1.82) is 0 Å². The van der Waals surface area contributed by atoms with E-state index in [0.717, 1.165) is 39.8 Å². The highest BCUT2D eigenvalue weighted by atomic mass is 127. The predicted octanol–water partition coefficient (Wildman–Crippen LogP) is 3.52. The summed E-state index contributed by atoms with van der Waals surface area (Å²) in [5.74, 6) is 0.723. The highest BCUT2D eigenvalue weighted by Crippen LogP contribution is 2.21. The lowest BCUT2D eigenvalue weighted by atomic mass is 9.99. The lowest BCUT2D eigenvalue weighted by Gasteiger charge is -2.29. The van der Waals surface area contributed by atoms with Crippen molar-refractivity contribution < 1.29 is 4.79 Å². The maximum atomic E-state index is 12.7. The first-order valence-corrected chi connectivity index (χ1v) is 8.94. The molecule has 0 spiro atoms. The molecule has 1 heterocycles. The summed E-state index contributed by atoms with van der Waals surface area (Å²) < 4.78 is 1.97. The Kier molecular flexibility index (Phi) is 6.29. The Balaban J connectivity index is 2.09. The minimum absolute atomic E-state index is 0.142. The van der Waals surface area contributed by atoms with Gasteiger partial charge in [-0.05, 0) is 79.6 Å². The second-order valence-corrected chi connectivity index (χ2v) is 7.26. The van der Waals surface area contributed by atoms with E-state index in [9.17, 15) is 4.79 Å². The summed E-state index contributed by atoms with van der Waals surface area (Å²) in [5, 5.41) is 3.42. The van der Waals surface area contributed by atoms with Crippen LogP contribution in [0.3, 0.4) is 0 Å². The number of nitrogens with one attached hydrogen (secondary N) is 1. The number of amides is 1. The Morgan fingerprint density at radius 1 is 1.55 bits per heavy atom. The molecule has 1 aromatic rings. The molecular weight excluding hydrogens is 431 g/mol. The molecule has 1 amide bonds. The van der Waals surface area contributed by atoms with Crippen LogP contribution in [0, 0.1) is 9.49 Å². The summed E-state index contributed by atoms with van der Waals surface area (Å²) in [6.45, 7) is 5.81. The maximum Gasteiger partial charge on any atom is 0.254 e. The smallest absolute Gasteiger partial charge is 0.254 e. The third kappa shape index (κ3) is 4.18. The average molecular weight is 451 g/mol. The number of benzene rings is 1. The van der Waals surface area contributed by atoms with E-state index in [0.29, 0.717) is 5.92 Å². The first-order chi connectivity index (χ1) is 9.61. The second-order valence-electron chi connectivity index (χ2n) is 5.18. The van der Waals surface area contributed by atoms with Crippen LogP contribution >= 0.6 is 38.5 Å². The van der Waals surface area contributed by atoms with E-state index in [1.54, 1.807) is 0 Å². The fourth-order valence-corrected chi connectivity index (χ4v) is 3.51. The fourth-order valence-electron chi connectivity index (χ4n) is 2.58. The zero-order valence-electron chi connectivity index (χ0n) is 11.7. The molecule has 1 aliphatic rings. The molecule has 110 valence electrons. The van der Waals surface area contributed by atoms with Gasteiger partial charge in [0, 0.05) is 21.1 Å². The zero-order chi connectivity index (χ0) is 14.5. The van der Waals surface area contributed by atoms with Gasteiger partial charge in [0.25, 0.3) is 5.91 Å². The number of hydrogen-bond acceptors (Lipinski definition) is 2. The van der Waals surface area contributed by atoms with Crippen LogP contribution in [0.4, 0.5) is 0 Å². The molecule has 0 aromatic heterocycles. The standard InChI is InChI=1S/C15H20BrIN2O/c1-2-19(10-11-4-3-7-18-9-11)15(20)13-8-12(16)5-6-14(13)17/h5-6,8,11,18H,2-4,7,9-10H2,1H3. The normalized spacial score (nSPS) is 18.9. The molecule has 20 heavy (non-hydrogen) atoms. The number of rotatable bonds is 4. The lowest BCUT2D eigenvalue weighted by Crippen LogP contribution is -2.41. The molecule has 1 N–H and O–H groups in total. The van der Waals surface area contributed by atoms with Gasteiger partial charge < -0.3 is 10.2 Å². The Hall–Kier alpha value is -0.140. The van der Waals surface area contributed by atoms with Crippen LogP contribution in [0.2, 0.25) is 0 Å². The maximum absolute atomic E-state index is 12.7. The van der Waals surface area contributed by atoms with Gasteiger partial charge >= 0.3 is 0 Å². The Morgan fingerprint density at radius 2 is 2.35 bits per heavy atom. The predicted molar refractivity (Wildman–Crippen MR) is 94.0 cm³/mol. The summed E-state index contributed by atoms with van der Waals surface area (Å²) in [6.07, 6.45) is 2.43. The van der Waals surface area contributed by atoms with Gasteiger partial charge in [-0.2, -0.15) is 0 Å². The van der Waals surface area contributed by atoms with E-state index >= 15 is 0 Å². The Labute approximate surface area is 142 Å². The molecule has 1 atom stereocenters. The molecular formula is C15H20BrIN2O. The summed E-state index contributed by atoms with van der Waals surface area (Å²) in [5.41, 5.74) is 0.797.